The summed E-state index contributed by atoms with van der Waals surface area (Å²) in [6.45, 7) is 2.81. The summed E-state index contributed by atoms with van der Waals surface area (Å²) >= 11 is 4.71. The smallest absolute Gasteiger partial charge is 0.264 e. The quantitative estimate of drug-likeness (QED) is 0.414. The van der Waals surface area contributed by atoms with Gasteiger partial charge in [0.25, 0.3) is 5.56 Å². The van der Waals surface area contributed by atoms with Crippen LogP contribution < -0.4 is 5.56 Å². The molecular weight excluding hydrogens is 238 g/mol. The summed E-state index contributed by atoms with van der Waals surface area (Å²) in [4.78, 5) is 20.4. The summed E-state index contributed by atoms with van der Waals surface area (Å²) in [6.07, 6.45) is 5.88. The highest BCUT2D eigenvalue weighted by atomic mass is 32.1. The van der Waals surface area contributed by atoms with Crippen molar-refractivity contribution in [3.05, 3.63) is 20.7 Å². The summed E-state index contributed by atoms with van der Waals surface area (Å²) < 4.78 is 0.104. The van der Waals surface area contributed by atoms with Crippen molar-refractivity contribution in [3.63, 3.8) is 0 Å². The van der Waals surface area contributed by atoms with Gasteiger partial charge in [-0.3, -0.25) is 14.8 Å². The molecule has 0 spiro atoms. The van der Waals surface area contributed by atoms with Crippen LogP contribution in [0, 0.1) is 4.77 Å². The maximum absolute atomic E-state index is 11.4. The second kappa shape index (κ2) is 7.01. The number of aromatic amines is 2. The maximum atomic E-state index is 11.4. The van der Waals surface area contributed by atoms with Crippen LogP contribution in [0.5, 0.6) is 5.88 Å². The number of aromatic nitrogens is 2. The zero-order valence-electron chi connectivity index (χ0n) is 9.82. The third kappa shape index (κ3) is 4.52. The monoisotopic (exact) mass is 255 g/mol. The first-order valence-corrected chi connectivity index (χ1v) is 6.11. The Kier molecular flexibility index (Phi) is 5.62. The van der Waals surface area contributed by atoms with Crippen LogP contribution in [-0.4, -0.2) is 27.8 Å². The first-order valence-electron chi connectivity index (χ1n) is 5.70. The van der Waals surface area contributed by atoms with Gasteiger partial charge in [0.2, 0.25) is 5.88 Å². The second-order valence-corrected chi connectivity index (χ2v) is 4.17. The maximum Gasteiger partial charge on any atom is 0.264 e. The number of hydrogen-bond donors (Lipinski definition) is 3. The van der Waals surface area contributed by atoms with Gasteiger partial charge in [-0.15, -0.1) is 0 Å². The number of H-pyrrole nitrogens is 2. The lowest BCUT2D eigenvalue weighted by atomic mass is 10.2. The molecule has 1 rings (SSSR count). The minimum absolute atomic E-state index is 0.104. The molecule has 1 heterocycles. The molecular formula is C11H17N3O2S. The molecule has 0 unspecified atom stereocenters. The molecule has 1 aromatic rings. The van der Waals surface area contributed by atoms with E-state index in [1.807, 2.05) is 0 Å². The topological polar surface area (TPSA) is 81.2 Å². The van der Waals surface area contributed by atoms with Gasteiger partial charge in [0.05, 0.1) is 0 Å². The Bertz CT molecular complexity index is 490. The van der Waals surface area contributed by atoms with Gasteiger partial charge >= 0.3 is 0 Å². The van der Waals surface area contributed by atoms with Gasteiger partial charge in [-0.25, -0.2) is 0 Å². The van der Waals surface area contributed by atoms with E-state index >= 15 is 0 Å². The zero-order valence-corrected chi connectivity index (χ0v) is 10.6. The minimum atomic E-state index is -0.427. The summed E-state index contributed by atoms with van der Waals surface area (Å²) in [5.74, 6) is -0.240. The van der Waals surface area contributed by atoms with Crippen molar-refractivity contribution in [1.82, 2.24) is 9.97 Å². The number of hydrogen-bond acceptors (Lipinski definition) is 4. The lowest BCUT2D eigenvalue weighted by Gasteiger charge is -1.97. The average molecular weight is 255 g/mol. The fourth-order valence-electron chi connectivity index (χ4n) is 1.39. The van der Waals surface area contributed by atoms with E-state index in [0.717, 1.165) is 12.8 Å². The Morgan fingerprint density at radius 2 is 2.12 bits per heavy atom. The number of nitrogens with one attached hydrogen (secondary N) is 2. The van der Waals surface area contributed by atoms with E-state index in [0.29, 0.717) is 6.54 Å². The Labute approximate surface area is 105 Å². The van der Waals surface area contributed by atoms with Gasteiger partial charge < -0.3 is 10.1 Å². The van der Waals surface area contributed by atoms with Gasteiger partial charge in [0.15, 0.2) is 4.77 Å². The third-order valence-corrected chi connectivity index (χ3v) is 2.52. The van der Waals surface area contributed by atoms with E-state index in [2.05, 4.69) is 21.9 Å². The Morgan fingerprint density at radius 3 is 2.76 bits per heavy atom. The molecule has 17 heavy (non-hydrogen) atoms. The van der Waals surface area contributed by atoms with Crippen molar-refractivity contribution in [2.75, 3.05) is 6.54 Å². The molecule has 1 aromatic heterocycles. The van der Waals surface area contributed by atoms with Crippen molar-refractivity contribution in [1.29, 1.82) is 0 Å². The molecule has 0 fully saturated rings. The molecule has 0 saturated carbocycles. The molecule has 0 atom stereocenters. The summed E-state index contributed by atoms with van der Waals surface area (Å²) in [5, 5.41) is 9.48. The number of nitrogens with zero attached hydrogens (tertiary/aromatic N) is 1. The highest BCUT2D eigenvalue weighted by Crippen LogP contribution is 2.04. The molecule has 0 aliphatic heterocycles. The Hall–Kier alpha value is -1.43. The van der Waals surface area contributed by atoms with E-state index in [-0.39, 0.29) is 16.2 Å². The van der Waals surface area contributed by atoms with Gasteiger partial charge in [-0.2, -0.15) is 0 Å². The first kappa shape index (κ1) is 13.6. The van der Waals surface area contributed by atoms with Gasteiger partial charge in [-0.1, -0.05) is 26.2 Å². The highest BCUT2D eigenvalue weighted by Gasteiger charge is 2.03. The van der Waals surface area contributed by atoms with E-state index in [1.165, 1.54) is 19.1 Å². The van der Waals surface area contributed by atoms with E-state index in [1.54, 1.807) is 0 Å². The molecule has 0 aliphatic rings. The molecule has 3 N–H and O–H groups in total. The van der Waals surface area contributed by atoms with Crippen LogP contribution in [0.4, 0.5) is 0 Å². The summed E-state index contributed by atoms with van der Waals surface area (Å²) in [7, 11) is 0. The number of unbranched alkanes of at least 4 members (excludes halogenated alkanes) is 3. The summed E-state index contributed by atoms with van der Waals surface area (Å²) in [5.41, 5.74) is -0.308. The fourth-order valence-corrected chi connectivity index (χ4v) is 1.58. The highest BCUT2D eigenvalue weighted by molar-refractivity contribution is 7.71. The fraction of sp³-hybridized carbons (Fsp3) is 0.545. The van der Waals surface area contributed by atoms with Crippen LogP contribution in [-0.2, 0) is 0 Å². The van der Waals surface area contributed by atoms with Crippen LogP contribution in [0.2, 0.25) is 0 Å². The molecule has 0 amide bonds. The Morgan fingerprint density at radius 1 is 1.35 bits per heavy atom. The average Bonchev–Trinajstić information content (AvgIpc) is 2.26. The second-order valence-electron chi connectivity index (χ2n) is 3.77. The lowest BCUT2D eigenvalue weighted by molar-refractivity contribution is 0.449. The van der Waals surface area contributed by atoms with Crippen LogP contribution in [0.1, 0.15) is 38.2 Å². The molecule has 0 bridgehead atoms. The molecule has 6 heteroatoms. The van der Waals surface area contributed by atoms with E-state index < -0.39 is 5.56 Å². The Balaban J connectivity index is 2.60. The molecule has 0 aromatic carbocycles. The standard InChI is InChI=1S/C11H17N3O2S/c1-2-3-4-5-6-12-7-8-9(15)13-11(17)14-10(8)16/h7H,2-6H2,1H3,(H3,13,14,15,16,17). The third-order valence-electron chi connectivity index (χ3n) is 2.32. The van der Waals surface area contributed by atoms with Gasteiger partial charge in [-0.05, 0) is 18.6 Å². The molecule has 0 radical (unpaired) electrons. The molecule has 0 saturated heterocycles. The number of rotatable bonds is 6. The predicted molar refractivity (Wildman–Crippen MR) is 70.5 cm³/mol. The minimum Gasteiger partial charge on any atom is -0.494 e. The normalized spacial score (nSPS) is 11.1. The van der Waals surface area contributed by atoms with Crippen molar-refractivity contribution < 1.29 is 5.11 Å². The SMILES string of the molecule is CCCCCCN=Cc1c(O)[nH]c(=S)[nH]c1=O. The van der Waals surface area contributed by atoms with Gasteiger partial charge in [0, 0.05) is 12.8 Å². The first-order chi connectivity index (χ1) is 8.15. The van der Waals surface area contributed by atoms with E-state index in [9.17, 15) is 9.90 Å². The summed E-state index contributed by atoms with van der Waals surface area (Å²) in [6, 6.07) is 0. The van der Waals surface area contributed by atoms with Crippen LogP contribution in [0.15, 0.2) is 9.79 Å². The molecule has 94 valence electrons. The largest absolute Gasteiger partial charge is 0.494 e. The van der Waals surface area contributed by atoms with Crippen molar-refractivity contribution >= 4 is 18.4 Å². The van der Waals surface area contributed by atoms with Gasteiger partial charge in [0.1, 0.15) is 5.56 Å². The lowest BCUT2D eigenvalue weighted by Crippen LogP contribution is -2.13. The van der Waals surface area contributed by atoms with Crippen LogP contribution >= 0.6 is 12.2 Å². The van der Waals surface area contributed by atoms with Crippen LogP contribution in [0.3, 0.4) is 0 Å². The molecule has 5 nitrogen and oxygen atoms in total. The number of aromatic hydroxyl groups is 1. The zero-order chi connectivity index (χ0) is 12.7. The number of aliphatic imine (C=N–C) groups is 1. The van der Waals surface area contributed by atoms with Crippen LogP contribution in [0.25, 0.3) is 0 Å². The van der Waals surface area contributed by atoms with Crippen molar-refractivity contribution in [3.8, 4) is 5.88 Å². The van der Waals surface area contributed by atoms with Crippen molar-refractivity contribution in [2.45, 2.75) is 32.6 Å². The predicted octanol–water partition coefficient (Wildman–Crippen LogP) is 2.14. The molecule has 0 aliphatic carbocycles. The van der Waals surface area contributed by atoms with Crippen molar-refractivity contribution in [2.24, 2.45) is 4.99 Å². The van der Waals surface area contributed by atoms with E-state index in [4.69, 9.17) is 12.2 Å².